The normalized spacial score (nSPS) is 16.6. The highest BCUT2D eigenvalue weighted by atomic mass is 16.5. The molecule has 1 aromatic carbocycles. The predicted molar refractivity (Wildman–Crippen MR) is 77.9 cm³/mol. The van der Waals surface area contributed by atoms with Crippen LogP contribution in [0.2, 0.25) is 0 Å². The summed E-state index contributed by atoms with van der Waals surface area (Å²) < 4.78 is 10.4. The third-order valence-corrected chi connectivity index (χ3v) is 3.24. The summed E-state index contributed by atoms with van der Waals surface area (Å²) in [7, 11) is 1.58. The summed E-state index contributed by atoms with van der Waals surface area (Å²) in [6.45, 7) is 4.33. The first-order valence-electron chi connectivity index (χ1n) is 6.68. The van der Waals surface area contributed by atoms with E-state index in [0.29, 0.717) is 37.7 Å². The predicted octanol–water partition coefficient (Wildman–Crippen LogP) is 0.937. The second kappa shape index (κ2) is 6.47. The molecular formula is C14H21N3O3. The fourth-order valence-corrected chi connectivity index (χ4v) is 2.19. The van der Waals surface area contributed by atoms with Crippen LogP contribution < -0.4 is 15.8 Å². The molecule has 1 fully saturated rings. The minimum absolute atomic E-state index is 0.0645. The Morgan fingerprint density at radius 3 is 2.75 bits per heavy atom. The van der Waals surface area contributed by atoms with Gasteiger partial charge in [0.1, 0.15) is 11.8 Å². The maximum atomic E-state index is 12.3. The highest BCUT2D eigenvalue weighted by Crippen LogP contribution is 2.23. The molecule has 6 nitrogen and oxygen atoms in total. The maximum absolute atomic E-state index is 12.3. The van der Waals surface area contributed by atoms with Crippen molar-refractivity contribution >= 4 is 17.3 Å². The molecule has 1 aliphatic heterocycles. The summed E-state index contributed by atoms with van der Waals surface area (Å²) >= 11 is 0. The van der Waals surface area contributed by atoms with Gasteiger partial charge in [-0.25, -0.2) is 0 Å². The number of morpholine rings is 1. The van der Waals surface area contributed by atoms with Crippen molar-refractivity contribution in [3.8, 4) is 5.75 Å². The third kappa shape index (κ3) is 3.54. The van der Waals surface area contributed by atoms with E-state index >= 15 is 0 Å². The molecule has 0 bridgehead atoms. The van der Waals surface area contributed by atoms with Gasteiger partial charge in [0.2, 0.25) is 5.91 Å². The minimum atomic E-state index is -0.320. The summed E-state index contributed by atoms with van der Waals surface area (Å²) in [6, 6.07) is 5.02. The van der Waals surface area contributed by atoms with E-state index in [1.54, 1.807) is 19.2 Å². The van der Waals surface area contributed by atoms with Gasteiger partial charge < -0.3 is 25.4 Å². The molecule has 20 heavy (non-hydrogen) atoms. The lowest BCUT2D eigenvalue weighted by Crippen LogP contribution is -2.47. The lowest BCUT2D eigenvalue weighted by atomic mass is 10.2. The van der Waals surface area contributed by atoms with Crippen molar-refractivity contribution in [2.45, 2.75) is 13.0 Å². The highest BCUT2D eigenvalue weighted by Gasteiger charge is 2.22. The second-order valence-electron chi connectivity index (χ2n) is 4.80. The molecule has 1 aliphatic rings. The minimum Gasteiger partial charge on any atom is -0.497 e. The molecule has 0 saturated carbocycles. The van der Waals surface area contributed by atoms with Crippen molar-refractivity contribution in [1.82, 2.24) is 4.90 Å². The quantitative estimate of drug-likeness (QED) is 0.802. The Labute approximate surface area is 118 Å². The fraction of sp³-hybridized carbons (Fsp3) is 0.500. The fourth-order valence-electron chi connectivity index (χ4n) is 2.19. The Hall–Kier alpha value is -1.95. The lowest BCUT2D eigenvalue weighted by molar-refractivity contribution is -0.135. The summed E-state index contributed by atoms with van der Waals surface area (Å²) in [5.74, 6) is 0.730. The average molecular weight is 279 g/mol. The number of hydrogen-bond acceptors (Lipinski definition) is 5. The molecule has 0 spiro atoms. The number of methoxy groups -OCH3 is 1. The van der Waals surface area contributed by atoms with Crippen LogP contribution in [-0.2, 0) is 9.53 Å². The second-order valence-corrected chi connectivity index (χ2v) is 4.80. The molecule has 1 heterocycles. The van der Waals surface area contributed by atoms with Crippen LogP contribution >= 0.6 is 0 Å². The van der Waals surface area contributed by atoms with Gasteiger partial charge in [-0.2, -0.15) is 0 Å². The van der Waals surface area contributed by atoms with E-state index in [2.05, 4.69) is 5.32 Å². The van der Waals surface area contributed by atoms with E-state index in [-0.39, 0.29) is 11.9 Å². The first kappa shape index (κ1) is 14.5. The van der Waals surface area contributed by atoms with Crippen molar-refractivity contribution in [3.63, 3.8) is 0 Å². The van der Waals surface area contributed by atoms with Crippen molar-refractivity contribution in [1.29, 1.82) is 0 Å². The van der Waals surface area contributed by atoms with E-state index in [1.807, 2.05) is 17.9 Å². The van der Waals surface area contributed by atoms with Crippen LogP contribution in [0, 0.1) is 0 Å². The lowest BCUT2D eigenvalue weighted by Gasteiger charge is -2.29. The first-order valence-corrected chi connectivity index (χ1v) is 6.68. The van der Waals surface area contributed by atoms with Crippen LogP contribution in [-0.4, -0.2) is 50.3 Å². The Balaban J connectivity index is 2.01. The van der Waals surface area contributed by atoms with E-state index in [9.17, 15) is 4.79 Å². The summed E-state index contributed by atoms with van der Waals surface area (Å²) in [5.41, 5.74) is 7.17. The van der Waals surface area contributed by atoms with Gasteiger partial charge in [-0.15, -0.1) is 0 Å². The van der Waals surface area contributed by atoms with Crippen molar-refractivity contribution in [2.24, 2.45) is 0 Å². The van der Waals surface area contributed by atoms with Gasteiger partial charge in [0.05, 0.1) is 20.3 Å². The van der Waals surface area contributed by atoms with Crippen LogP contribution in [0.3, 0.4) is 0 Å². The number of nitrogen functional groups attached to an aromatic ring is 1. The number of nitrogens with two attached hydrogens (primary N) is 1. The number of nitrogens with one attached hydrogen (secondary N) is 1. The number of ether oxygens (including phenoxy) is 2. The number of nitrogens with zero attached hydrogens (tertiary/aromatic N) is 1. The van der Waals surface area contributed by atoms with Crippen molar-refractivity contribution in [3.05, 3.63) is 18.2 Å². The smallest absolute Gasteiger partial charge is 0.244 e. The number of amides is 1. The van der Waals surface area contributed by atoms with Crippen molar-refractivity contribution in [2.75, 3.05) is 44.5 Å². The average Bonchev–Trinajstić information content (AvgIpc) is 2.46. The van der Waals surface area contributed by atoms with Gasteiger partial charge in [-0.05, 0) is 13.0 Å². The van der Waals surface area contributed by atoms with Crippen molar-refractivity contribution < 1.29 is 14.3 Å². The Morgan fingerprint density at radius 1 is 1.40 bits per heavy atom. The van der Waals surface area contributed by atoms with Gasteiger partial charge in [-0.1, -0.05) is 0 Å². The molecular weight excluding hydrogens is 258 g/mol. The van der Waals surface area contributed by atoms with Gasteiger partial charge in [0.25, 0.3) is 0 Å². The molecule has 0 aromatic heterocycles. The molecule has 3 N–H and O–H groups in total. The molecule has 1 saturated heterocycles. The molecule has 1 amide bonds. The highest BCUT2D eigenvalue weighted by molar-refractivity contribution is 5.84. The van der Waals surface area contributed by atoms with E-state index in [0.717, 1.165) is 5.69 Å². The van der Waals surface area contributed by atoms with Crippen LogP contribution in [0.15, 0.2) is 18.2 Å². The van der Waals surface area contributed by atoms with Gasteiger partial charge >= 0.3 is 0 Å². The summed E-state index contributed by atoms with van der Waals surface area (Å²) in [5, 5.41) is 3.16. The molecule has 110 valence electrons. The van der Waals surface area contributed by atoms with E-state index in [1.165, 1.54) is 0 Å². The largest absolute Gasteiger partial charge is 0.497 e. The Morgan fingerprint density at radius 2 is 2.10 bits per heavy atom. The Bertz CT molecular complexity index is 473. The zero-order chi connectivity index (χ0) is 14.5. The molecule has 1 unspecified atom stereocenters. The van der Waals surface area contributed by atoms with Gasteiger partial charge in [0.15, 0.2) is 0 Å². The molecule has 1 atom stereocenters. The third-order valence-electron chi connectivity index (χ3n) is 3.24. The number of benzene rings is 1. The monoisotopic (exact) mass is 279 g/mol. The molecule has 1 aromatic rings. The number of carbonyl (C=O) groups excluding carboxylic acids is 1. The van der Waals surface area contributed by atoms with Crippen LogP contribution in [0.25, 0.3) is 0 Å². The summed E-state index contributed by atoms with van der Waals surface area (Å²) in [6.07, 6.45) is 0. The van der Waals surface area contributed by atoms with Crippen LogP contribution in [0.4, 0.5) is 11.4 Å². The maximum Gasteiger partial charge on any atom is 0.244 e. The summed E-state index contributed by atoms with van der Waals surface area (Å²) in [4.78, 5) is 14.1. The zero-order valence-electron chi connectivity index (χ0n) is 11.9. The topological polar surface area (TPSA) is 76.8 Å². The standard InChI is InChI=1S/C14H21N3O3/c1-10(14(18)17-3-5-20-6-4-17)16-12-7-11(15)8-13(9-12)19-2/h7-10,16H,3-6,15H2,1-2H3. The van der Waals surface area contributed by atoms with E-state index < -0.39 is 0 Å². The molecule has 0 aliphatic carbocycles. The van der Waals surface area contributed by atoms with Crippen LogP contribution in [0.5, 0.6) is 5.75 Å². The molecule has 6 heteroatoms. The van der Waals surface area contributed by atoms with Gasteiger partial charge in [-0.3, -0.25) is 4.79 Å². The molecule has 2 rings (SSSR count). The number of rotatable bonds is 4. The number of hydrogen-bond donors (Lipinski definition) is 2. The Kier molecular flexibility index (Phi) is 4.68. The number of anilines is 2. The number of carbonyl (C=O) groups is 1. The zero-order valence-corrected chi connectivity index (χ0v) is 11.9. The van der Waals surface area contributed by atoms with Crippen LogP contribution in [0.1, 0.15) is 6.92 Å². The van der Waals surface area contributed by atoms with Gasteiger partial charge in [0, 0.05) is 36.6 Å². The first-order chi connectivity index (χ1) is 9.60. The van der Waals surface area contributed by atoms with E-state index in [4.69, 9.17) is 15.2 Å². The molecule has 0 radical (unpaired) electrons. The SMILES string of the molecule is COc1cc(N)cc(NC(C)C(=O)N2CCOCC2)c1.